The molecule has 0 radical (unpaired) electrons. The van der Waals surface area contributed by atoms with Crippen LogP contribution in [0.2, 0.25) is 0 Å². The number of benzene rings is 2. The van der Waals surface area contributed by atoms with Crippen molar-refractivity contribution in [2.24, 2.45) is 0 Å². The number of methoxy groups -OCH3 is 1. The molecule has 0 saturated carbocycles. The van der Waals surface area contributed by atoms with E-state index in [0.717, 1.165) is 22.6 Å². The second kappa shape index (κ2) is 8.35. The molecule has 0 atom stereocenters. The molecule has 1 N–H and O–H groups in total. The maximum absolute atomic E-state index is 12.4. The number of rotatable bonds is 5. The number of anilines is 1. The van der Waals surface area contributed by atoms with Gasteiger partial charge in [0.05, 0.1) is 12.8 Å². The van der Waals surface area contributed by atoms with Crippen molar-refractivity contribution >= 4 is 34.2 Å². The molecule has 0 aliphatic rings. The predicted molar refractivity (Wildman–Crippen MR) is 126 cm³/mol. The molecule has 0 fully saturated rings. The first-order chi connectivity index (χ1) is 14.8. The van der Waals surface area contributed by atoms with Gasteiger partial charge < -0.3 is 4.74 Å². The van der Waals surface area contributed by atoms with E-state index < -0.39 is 0 Å². The molecule has 0 unspecified atom stereocenters. The van der Waals surface area contributed by atoms with E-state index in [-0.39, 0.29) is 17.3 Å². The molecule has 0 saturated heterocycles. The van der Waals surface area contributed by atoms with E-state index in [1.165, 1.54) is 23.0 Å². The number of para-hydroxylation sites is 1. The Balaban J connectivity index is 1.49. The Hall–Kier alpha value is -3.45. The standard InChI is InChI=1S/C24H24N4O2S/c1-24(2,3)17-12-9-16(10-13-17)11-14-21(29)25-22-26-23-28(27-22)19(15-31-23)18-7-5-6-8-20(18)30-4/h5-15H,1-4H3,(H,25,27,29)/b14-11+. The molecule has 31 heavy (non-hydrogen) atoms. The average molecular weight is 433 g/mol. The van der Waals surface area contributed by atoms with Crippen LogP contribution in [0.15, 0.2) is 60.0 Å². The lowest BCUT2D eigenvalue weighted by atomic mass is 9.87. The fraction of sp³-hybridized carbons (Fsp3) is 0.208. The van der Waals surface area contributed by atoms with Gasteiger partial charge in [0, 0.05) is 17.0 Å². The summed E-state index contributed by atoms with van der Waals surface area (Å²) in [5, 5.41) is 9.16. The molecule has 0 spiro atoms. The van der Waals surface area contributed by atoms with Crippen LogP contribution in [-0.2, 0) is 10.2 Å². The Morgan fingerprint density at radius 1 is 1.13 bits per heavy atom. The van der Waals surface area contributed by atoms with Gasteiger partial charge in [0.25, 0.3) is 11.9 Å². The molecule has 4 aromatic rings. The zero-order valence-electron chi connectivity index (χ0n) is 17.9. The lowest BCUT2D eigenvalue weighted by Crippen LogP contribution is -2.10. The Morgan fingerprint density at radius 3 is 2.58 bits per heavy atom. The minimum Gasteiger partial charge on any atom is -0.496 e. The molecule has 4 rings (SSSR count). The van der Waals surface area contributed by atoms with Gasteiger partial charge in [-0.25, -0.2) is 4.52 Å². The average Bonchev–Trinajstić information content (AvgIpc) is 3.32. The second-order valence-electron chi connectivity index (χ2n) is 8.15. The van der Waals surface area contributed by atoms with Crippen molar-refractivity contribution in [2.75, 3.05) is 12.4 Å². The first-order valence-corrected chi connectivity index (χ1v) is 10.8. The van der Waals surface area contributed by atoms with Gasteiger partial charge in [-0.2, -0.15) is 4.98 Å². The van der Waals surface area contributed by atoms with Crippen molar-refractivity contribution in [2.45, 2.75) is 26.2 Å². The van der Waals surface area contributed by atoms with Gasteiger partial charge in [-0.05, 0) is 34.8 Å². The van der Waals surface area contributed by atoms with Crippen LogP contribution < -0.4 is 10.1 Å². The van der Waals surface area contributed by atoms with Gasteiger partial charge >= 0.3 is 0 Å². The highest BCUT2D eigenvalue weighted by atomic mass is 32.1. The molecule has 2 heterocycles. The van der Waals surface area contributed by atoms with E-state index in [9.17, 15) is 4.79 Å². The zero-order valence-corrected chi connectivity index (χ0v) is 18.7. The Morgan fingerprint density at radius 2 is 1.87 bits per heavy atom. The second-order valence-corrected chi connectivity index (χ2v) is 8.98. The Kier molecular flexibility index (Phi) is 5.61. The third-order valence-corrected chi connectivity index (χ3v) is 5.72. The third kappa shape index (κ3) is 4.51. The summed E-state index contributed by atoms with van der Waals surface area (Å²) in [4.78, 5) is 17.5. The summed E-state index contributed by atoms with van der Waals surface area (Å²) >= 11 is 1.45. The summed E-state index contributed by atoms with van der Waals surface area (Å²) < 4.78 is 7.17. The van der Waals surface area contributed by atoms with E-state index in [1.807, 2.05) is 41.8 Å². The summed E-state index contributed by atoms with van der Waals surface area (Å²) in [7, 11) is 1.64. The highest BCUT2D eigenvalue weighted by Gasteiger charge is 2.15. The van der Waals surface area contributed by atoms with Crippen LogP contribution in [0.25, 0.3) is 22.3 Å². The fourth-order valence-electron chi connectivity index (χ4n) is 3.19. The SMILES string of the molecule is COc1ccccc1-c1csc2nc(NC(=O)/C=C/c3ccc(C(C)(C)C)cc3)nn12. The molecule has 2 aromatic carbocycles. The number of carbonyl (C=O) groups excluding carboxylic acids is 1. The molecule has 7 heteroatoms. The summed E-state index contributed by atoms with van der Waals surface area (Å²) in [6.45, 7) is 6.52. The number of amides is 1. The highest BCUT2D eigenvalue weighted by Crippen LogP contribution is 2.32. The monoisotopic (exact) mass is 432 g/mol. The van der Waals surface area contributed by atoms with Gasteiger partial charge in [-0.1, -0.05) is 57.2 Å². The van der Waals surface area contributed by atoms with Crippen molar-refractivity contribution in [3.8, 4) is 17.0 Å². The van der Waals surface area contributed by atoms with Crippen LogP contribution >= 0.6 is 11.3 Å². The molecular weight excluding hydrogens is 408 g/mol. The quantitative estimate of drug-likeness (QED) is 0.428. The van der Waals surface area contributed by atoms with Crippen molar-refractivity contribution in [3.63, 3.8) is 0 Å². The zero-order chi connectivity index (χ0) is 22.0. The molecule has 0 aliphatic carbocycles. The summed E-state index contributed by atoms with van der Waals surface area (Å²) in [6.07, 6.45) is 3.27. The number of fused-ring (bicyclic) bond motifs is 1. The maximum Gasteiger partial charge on any atom is 0.250 e. The molecule has 2 aromatic heterocycles. The Labute approximate surface area is 185 Å². The first kappa shape index (κ1) is 20.8. The number of thiazole rings is 1. The molecular formula is C24H24N4O2S. The highest BCUT2D eigenvalue weighted by molar-refractivity contribution is 7.15. The minimum absolute atomic E-state index is 0.0991. The van der Waals surface area contributed by atoms with E-state index >= 15 is 0 Å². The fourth-order valence-corrected chi connectivity index (χ4v) is 4.02. The minimum atomic E-state index is -0.281. The van der Waals surface area contributed by atoms with Crippen LogP contribution in [0.5, 0.6) is 5.75 Å². The summed E-state index contributed by atoms with van der Waals surface area (Å²) in [6, 6.07) is 15.9. The lowest BCUT2D eigenvalue weighted by molar-refractivity contribution is -0.111. The first-order valence-electron chi connectivity index (χ1n) is 9.92. The topological polar surface area (TPSA) is 68.5 Å². The Bertz CT molecular complexity index is 1250. The van der Waals surface area contributed by atoms with Gasteiger partial charge in [0.1, 0.15) is 5.75 Å². The van der Waals surface area contributed by atoms with E-state index in [1.54, 1.807) is 17.7 Å². The van der Waals surface area contributed by atoms with Crippen LogP contribution in [0.1, 0.15) is 31.9 Å². The third-order valence-electron chi connectivity index (χ3n) is 4.90. The molecule has 6 nitrogen and oxygen atoms in total. The van der Waals surface area contributed by atoms with E-state index in [4.69, 9.17) is 4.74 Å². The number of aromatic nitrogens is 3. The van der Waals surface area contributed by atoms with E-state index in [2.05, 4.69) is 48.3 Å². The van der Waals surface area contributed by atoms with Crippen LogP contribution in [0, 0.1) is 0 Å². The predicted octanol–water partition coefficient (Wildman–Crippen LogP) is 5.42. The smallest absolute Gasteiger partial charge is 0.250 e. The lowest BCUT2D eigenvalue weighted by Gasteiger charge is -2.18. The van der Waals surface area contributed by atoms with Crippen molar-refractivity contribution in [3.05, 3.63) is 71.1 Å². The van der Waals surface area contributed by atoms with Crippen molar-refractivity contribution < 1.29 is 9.53 Å². The molecule has 158 valence electrons. The number of nitrogens with zero attached hydrogens (tertiary/aromatic N) is 3. The summed E-state index contributed by atoms with van der Waals surface area (Å²) in [5.74, 6) is 0.737. The number of hydrogen-bond acceptors (Lipinski definition) is 5. The van der Waals surface area contributed by atoms with Crippen LogP contribution in [-0.4, -0.2) is 27.6 Å². The van der Waals surface area contributed by atoms with E-state index in [0.29, 0.717) is 4.96 Å². The van der Waals surface area contributed by atoms with Crippen LogP contribution in [0.3, 0.4) is 0 Å². The van der Waals surface area contributed by atoms with Gasteiger partial charge in [-0.15, -0.1) is 16.4 Å². The van der Waals surface area contributed by atoms with Gasteiger partial charge in [0.15, 0.2) is 0 Å². The number of nitrogens with one attached hydrogen (secondary N) is 1. The molecule has 0 aliphatic heterocycles. The van der Waals surface area contributed by atoms with Crippen LogP contribution in [0.4, 0.5) is 5.95 Å². The van der Waals surface area contributed by atoms with Gasteiger partial charge in [-0.3, -0.25) is 10.1 Å². The normalized spacial score (nSPS) is 11.9. The number of carbonyl (C=O) groups is 1. The molecule has 0 bridgehead atoms. The maximum atomic E-state index is 12.4. The largest absolute Gasteiger partial charge is 0.496 e. The summed E-state index contributed by atoms with van der Waals surface area (Å²) in [5.41, 5.74) is 4.09. The van der Waals surface area contributed by atoms with Crippen molar-refractivity contribution in [1.29, 1.82) is 0 Å². The van der Waals surface area contributed by atoms with Gasteiger partial charge in [0.2, 0.25) is 4.96 Å². The molecule has 1 amide bonds. The number of hydrogen-bond donors (Lipinski definition) is 1. The van der Waals surface area contributed by atoms with Crippen molar-refractivity contribution in [1.82, 2.24) is 14.6 Å². The number of ether oxygens (including phenoxy) is 1.